The van der Waals surface area contributed by atoms with E-state index in [2.05, 4.69) is 30.5 Å². The van der Waals surface area contributed by atoms with Crippen LogP contribution in [0.1, 0.15) is 26.7 Å². The lowest BCUT2D eigenvalue weighted by Crippen LogP contribution is -2.47. The van der Waals surface area contributed by atoms with Gasteiger partial charge in [0.1, 0.15) is 6.54 Å². The molecule has 1 aliphatic heterocycles. The Labute approximate surface area is 169 Å². The van der Waals surface area contributed by atoms with E-state index in [-0.39, 0.29) is 17.0 Å². The number of carbonyl (C=O) groups is 1. The highest BCUT2D eigenvalue weighted by molar-refractivity contribution is 7.89. The van der Waals surface area contributed by atoms with Crippen molar-refractivity contribution < 1.29 is 22.4 Å². The smallest absolute Gasteiger partial charge is 0.420 e. The van der Waals surface area contributed by atoms with Gasteiger partial charge in [-0.3, -0.25) is 9.36 Å². The van der Waals surface area contributed by atoms with Crippen molar-refractivity contribution in [1.82, 2.24) is 13.8 Å². The van der Waals surface area contributed by atoms with Gasteiger partial charge < -0.3 is 14.1 Å². The molecule has 10 heteroatoms. The summed E-state index contributed by atoms with van der Waals surface area (Å²) in [6.07, 6.45) is 1.53. The Bertz CT molecular complexity index is 1050. The van der Waals surface area contributed by atoms with Crippen LogP contribution in [-0.4, -0.2) is 67.5 Å². The van der Waals surface area contributed by atoms with Crippen LogP contribution in [0.5, 0.6) is 0 Å². The van der Waals surface area contributed by atoms with E-state index in [4.69, 9.17) is 4.42 Å². The molecule has 1 saturated heterocycles. The van der Waals surface area contributed by atoms with Crippen molar-refractivity contribution in [3.05, 3.63) is 28.7 Å². The molecule has 0 aliphatic carbocycles. The number of rotatable bonds is 6. The van der Waals surface area contributed by atoms with Crippen LogP contribution in [0.2, 0.25) is 0 Å². The van der Waals surface area contributed by atoms with Gasteiger partial charge in [-0.2, -0.15) is 4.31 Å². The number of piperidine rings is 1. The third kappa shape index (κ3) is 4.24. The quantitative estimate of drug-likeness (QED) is 0.642. The second-order valence-corrected chi connectivity index (χ2v) is 9.49. The molecule has 0 N–H and O–H groups in total. The molecular weight excluding hydrogens is 398 g/mol. The summed E-state index contributed by atoms with van der Waals surface area (Å²) in [5.41, 5.74) is 0.464. The summed E-state index contributed by atoms with van der Waals surface area (Å²) in [6, 6.07) is 5.02. The largest absolute Gasteiger partial charge is 0.468 e. The van der Waals surface area contributed by atoms with E-state index in [9.17, 15) is 18.0 Å². The summed E-state index contributed by atoms with van der Waals surface area (Å²) in [7, 11) is -0.414. The second-order valence-electron chi connectivity index (χ2n) is 7.55. The standard InChI is InChI=1S/C19H27N3O6S/c1-13(2)20(3)14-7-9-21(10-8-14)29(25,26)15-5-6-16-17(11-15)28-19(24)22(16)12-18(23)27-4/h5-6,11,13-14H,7-10,12H2,1-4H3. The SMILES string of the molecule is COC(=O)Cn1c(=O)oc2cc(S(=O)(=O)N3CCC(N(C)C(C)C)CC3)ccc21. The van der Waals surface area contributed by atoms with Crippen molar-refractivity contribution in [1.29, 1.82) is 0 Å². The van der Waals surface area contributed by atoms with Crippen LogP contribution in [0.4, 0.5) is 0 Å². The molecule has 0 amide bonds. The summed E-state index contributed by atoms with van der Waals surface area (Å²) < 4.78 is 38.5. The molecule has 29 heavy (non-hydrogen) atoms. The number of carbonyl (C=O) groups excluding carboxylic acids is 1. The highest BCUT2D eigenvalue weighted by Crippen LogP contribution is 2.26. The van der Waals surface area contributed by atoms with Gasteiger partial charge in [0.2, 0.25) is 10.0 Å². The average Bonchev–Trinajstić information content (AvgIpc) is 3.01. The van der Waals surface area contributed by atoms with Crippen LogP contribution in [0.3, 0.4) is 0 Å². The zero-order valence-electron chi connectivity index (χ0n) is 17.1. The molecule has 2 heterocycles. The zero-order valence-corrected chi connectivity index (χ0v) is 17.9. The fraction of sp³-hybridized carbons (Fsp3) is 0.579. The van der Waals surface area contributed by atoms with Gasteiger partial charge in [0.05, 0.1) is 17.5 Å². The number of hydrogen-bond acceptors (Lipinski definition) is 7. The van der Waals surface area contributed by atoms with E-state index in [0.717, 1.165) is 17.4 Å². The van der Waals surface area contributed by atoms with Crippen LogP contribution in [0, 0.1) is 0 Å². The van der Waals surface area contributed by atoms with Crippen molar-refractivity contribution in [2.75, 3.05) is 27.2 Å². The number of ether oxygens (including phenoxy) is 1. The highest BCUT2D eigenvalue weighted by atomic mass is 32.2. The molecule has 3 rings (SSSR count). The number of nitrogens with zero attached hydrogens (tertiary/aromatic N) is 3. The molecule has 0 bridgehead atoms. The fourth-order valence-corrected chi connectivity index (χ4v) is 5.10. The Morgan fingerprint density at radius 1 is 1.31 bits per heavy atom. The molecule has 0 atom stereocenters. The zero-order chi connectivity index (χ0) is 21.3. The minimum atomic E-state index is -3.70. The summed E-state index contributed by atoms with van der Waals surface area (Å²) in [6.45, 7) is 4.83. The van der Waals surface area contributed by atoms with Crippen LogP contribution in [0.15, 0.2) is 32.3 Å². The summed E-state index contributed by atoms with van der Waals surface area (Å²) >= 11 is 0. The van der Waals surface area contributed by atoms with Crippen molar-refractivity contribution >= 4 is 27.1 Å². The predicted octanol–water partition coefficient (Wildman–Crippen LogP) is 1.26. The number of methoxy groups -OCH3 is 1. The lowest BCUT2D eigenvalue weighted by Gasteiger charge is -2.38. The number of oxazole rings is 1. The monoisotopic (exact) mass is 425 g/mol. The maximum atomic E-state index is 13.1. The summed E-state index contributed by atoms with van der Waals surface area (Å²) in [4.78, 5) is 25.9. The molecule has 0 radical (unpaired) electrons. The highest BCUT2D eigenvalue weighted by Gasteiger charge is 2.31. The molecule has 0 spiro atoms. The minimum absolute atomic E-state index is 0.0691. The van der Waals surface area contributed by atoms with E-state index in [1.54, 1.807) is 0 Å². The lowest BCUT2D eigenvalue weighted by atomic mass is 10.0. The van der Waals surface area contributed by atoms with E-state index >= 15 is 0 Å². The molecule has 0 unspecified atom stereocenters. The van der Waals surface area contributed by atoms with Gasteiger partial charge in [-0.05, 0) is 45.9 Å². The number of aromatic nitrogens is 1. The first-order chi connectivity index (χ1) is 13.6. The normalized spacial score (nSPS) is 16.8. The summed E-state index contributed by atoms with van der Waals surface area (Å²) in [5.74, 6) is -1.33. The van der Waals surface area contributed by atoms with Crippen LogP contribution in [0.25, 0.3) is 11.1 Å². The molecule has 160 valence electrons. The molecule has 1 aliphatic rings. The van der Waals surface area contributed by atoms with Gasteiger partial charge in [-0.15, -0.1) is 0 Å². The van der Waals surface area contributed by atoms with Crippen LogP contribution < -0.4 is 5.76 Å². The first-order valence-electron chi connectivity index (χ1n) is 9.57. The van der Waals surface area contributed by atoms with Crippen molar-refractivity contribution in [3.8, 4) is 0 Å². The second kappa shape index (κ2) is 8.29. The fourth-order valence-electron chi connectivity index (χ4n) is 3.61. The Morgan fingerprint density at radius 2 is 1.97 bits per heavy atom. The Kier molecular flexibility index (Phi) is 6.16. The van der Waals surface area contributed by atoms with E-state index in [1.807, 2.05) is 0 Å². The number of sulfonamides is 1. The number of esters is 1. The Hall–Kier alpha value is -2.17. The molecular formula is C19H27N3O6S. The van der Waals surface area contributed by atoms with Gasteiger partial charge in [0.25, 0.3) is 0 Å². The molecule has 1 aromatic heterocycles. The molecule has 2 aromatic rings. The third-order valence-corrected chi connectivity index (χ3v) is 7.50. The van der Waals surface area contributed by atoms with Crippen molar-refractivity contribution in [3.63, 3.8) is 0 Å². The van der Waals surface area contributed by atoms with Gasteiger partial charge in [-0.1, -0.05) is 0 Å². The topological polar surface area (TPSA) is 102 Å². The van der Waals surface area contributed by atoms with Crippen molar-refractivity contribution in [2.24, 2.45) is 0 Å². The maximum Gasteiger partial charge on any atom is 0.420 e. The third-order valence-electron chi connectivity index (χ3n) is 5.61. The van der Waals surface area contributed by atoms with Crippen LogP contribution in [-0.2, 0) is 26.1 Å². The molecule has 9 nitrogen and oxygen atoms in total. The predicted molar refractivity (Wildman–Crippen MR) is 107 cm³/mol. The van der Waals surface area contributed by atoms with E-state index < -0.39 is 21.7 Å². The summed E-state index contributed by atoms with van der Waals surface area (Å²) in [5, 5.41) is 0. The average molecular weight is 426 g/mol. The first kappa shape index (κ1) is 21.5. The van der Waals surface area contributed by atoms with E-state index in [0.29, 0.717) is 30.7 Å². The minimum Gasteiger partial charge on any atom is -0.468 e. The maximum absolute atomic E-state index is 13.1. The number of benzene rings is 1. The first-order valence-corrected chi connectivity index (χ1v) is 11.0. The van der Waals surface area contributed by atoms with Crippen molar-refractivity contribution in [2.45, 2.75) is 50.2 Å². The number of hydrogen-bond donors (Lipinski definition) is 0. The van der Waals surface area contributed by atoms with Gasteiger partial charge >= 0.3 is 11.7 Å². The molecule has 1 fully saturated rings. The van der Waals surface area contributed by atoms with Crippen LogP contribution >= 0.6 is 0 Å². The van der Waals surface area contributed by atoms with Gasteiger partial charge in [-0.25, -0.2) is 13.2 Å². The number of fused-ring (bicyclic) bond motifs is 1. The Balaban J connectivity index is 1.83. The van der Waals surface area contributed by atoms with E-state index in [1.165, 1.54) is 29.6 Å². The van der Waals surface area contributed by atoms with Gasteiger partial charge in [0, 0.05) is 31.2 Å². The Morgan fingerprint density at radius 3 is 2.55 bits per heavy atom. The lowest BCUT2D eigenvalue weighted by molar-refractivity contribution is -0.141. The van der Waals surface area contributed by atoms with Gasteiger partial charge in [0.15, 0.2) is 5.58 Å². The molecule has 0 saturated carbocycles. The molecule has 1 aromatic carbocycles.